The molecule has 0 fully saturated rings. The Morgan fingerprint density at radius 1 is 0.444 bits per heavy atom. The van der Waals surface area contributed by atoms with Crippen molar-refractivity contribution < 1.29 is 24.5 Å². The van der Waals surface area contributed by atoms with Gasteiger partial charge >= 0.3 is 5.97 Å². The quantitative estimate of drug-likeness (QED) is 0.0321. The molecule has 0 bridgehead atoms. The van der Waals surface area contributed by atoms with Gasteiger partial charge in [-0.2, -0.15) is 0 Å². The highest BCUT2D eigenvalue weighted by Gasteiger charge is 2.20. The number of carbonyl (C=O) groups excluding carboxylic acids is 2. The molecule has 0 spiro atoms. The molecule has 0 aromatic heterocycles. The molecule has 1 amide bonds. The van der Waals surface area contributed by atoms with Gasteiger partial charge in [0.05, 0.1) is 25.4 Å². The Hall–Kier alpha value is -1.92. The predicted octanol–water partition coefficient (Wildman–Crippen LogP) is 16.9. The summed E-state index contributed by atoms with van der Waals surface area (Å²) in [6.45, 7) is 4.90. The second-order valence-electron chi connectivity index (χ2n) is 18.9. The van der Waals surface area contributed by atoms with Crippen LogP contribution in [0.5, 0.6) is 0 Å². The van der Waals surface area contributed by atoms with Gasteiger partial charge in [0, 0.05) is 12.8 Å². The van der Waals surface area contributed by atoms with Crippen molar-refractivity contribution in [2.45, 2.75) is 302 Å². The molecule has 63 heavy (non-hydrogen) atoms. The fourth-order valence-corrected chi connectivity index (χ4v) is 8.37. The van der Waals surface area contributed by atoms with Gasteiger partial charge in [-0.05, 0) is 83.5 Å². The van der Waals surface area contributed by atoms with Crippen molar-refractivity contribution >= 4 is 11.9 Å². The first kappa shape index (κ1) is 61.1. The Kier molecular flexibility index (Phi) is 51.1. The van der Waals surface area contributed by atoms with Crippen LogP contribution in [0, 0.1) is 0 Å². The topological polar surface area (TPSA) is 95.9 Å². The number of aliphatic hydroxyl groups is 2. The zero-order valence-electron chi connectivity index (χ0n) is 42.1. The van der Waals surface area contributed by atoms with Crippen LogP contribution in [-0.4, -0.2) is 47.4 Å². The predicted molar refractivity (Wildman–Crippen MR) is 273 cm³/mol. The Morgan fingerprint density at radius 2 is 0.794 bits per heavy atom. The Balaban J connectivity index is 3.46. The van der Waals surface area contributed by atoms with Crippen LogP contribution in [0.2, 0.25) is 0 Å². The fraction of sp³-hybridized carbons (Fsp3) is 0.860. The lowest BCUT2D eigenvalue weighted by Gasteiger charge is -2.22. The van der Waals surface area contributed by atoms with Crippen LogP contribution >= 0.6 is 0 Å². The summed E-state index contributed by atoms with van der Waals surface area (Å²) in [5, 5.41) is 23.2. The van der Waals surface area contributed by atoms with E-state index in [0.29, 0.717) is 25.9 Å². The van der Waals surface area contributed by atoms with E-state index in [1.807, 2.05) is 0 Å². The van der Waals surface area contributed by atoms with Crippen LogP contribution in [0.4, 0.5) is 0 Å². The van der Waals surface area contributed by atoms with Gasteiger partial charge in [0.1, 0.15) is 0 Å². The van der Waals surface area contributed by atoms with Gasteiger partial charge in [0.2, 0.25) is 5.91 Å². The third kappa shape index (κ3) is 49.4. The lowest BCUT2D eigenvalue weighted by Crippen LogP contribution is -2.45. The molecule has 3 N–H and O–H groups in total. The van der Waals surface area contributed by atoms with Crippen LogP contribution in [0.25, 0.3) is 0 Å². The second-order valence-corrected chi connectivity index (χ2v) is 18.9. The first-order valence-electron chi connectivity index (χ1n) is 27.7. The minimum Gasteiger partial charge on any atom is -0.466 e. The van der Waals surface area contributed by atoms with E-state index in [1.54, 1.807) is 0 Å². The summed E-state index contributed by atoms with van der Waals surface area (Å²) in [6, 6.07) is -0.553. The molecule has 0 aromatic carbocycles. The molecule has 2 unspecified atom stereocenters. The summed E-state index contributed by atoms with van der Waals surface area (Å²) in [6.07, 6.45) is 64.1. The van der Waals surface area contributed by atoms with Gasteiger partial charge in [0.25, 0.3) is 0 Å². The van der Waals surface area contributed by atoms with Gasteiger partial charge in [-0.15, -0.1) is 0 Å². The van der Waals surface area contributed by atoms with Crippen molar-refractivity contribution in [3.8, 4) is 0 Å². The number of amides is 1. The average Bonchev–Trinajstić information content (AvgIpc) is 3.28. The summed E-state index contributed by atoms with van der Waals surface area (Å²) in [5.74, 6) is -0.0636. The lowest BCUT2D eigenvalue weighted by molar-refractivity contribution is -0.143. The number of hydrogen-bond donors (Lipinski definition) is 3. The van der Waals surface area contributed by atoms with Crippen LogP contribution < -0.4 is 5.32 Å². The molecule has 370 valence electrons. The minimum atomic E-state index is -0.674. The van der Waals surface area contributed by atoms with E-state index in [9.17, 15) is 19.8 Å². The molecule has 6 heteroatoms. The number of allylic oxidation sites excluding steroid dienone is 6. The number of esters is 1. The molecule has 0 saturated carbocycles. The SMILES string of the molecule is CCCCC/C=C\C/C=C\CCCCCCCCCC(=O)OCCCCCCCCC/C=C\CCCCCCCC(=O)NC(CO)C(O)CCCCCCCCCCCCCCC. The zero-order chi connectivity index (χ0) is 45.8. The van der Waals surface area contributed by atoms with Gasteiger partial charge in [-0.1, -0.05) is 230 Å². The summed E-state index contributed by atoms with van der Waals surface area (Å²) in [7, 11) is 0. The van der Waals surface area contributed by atoms with Gasteiger partial charge in [-0.25, -0.2) is 0 Å². The fourth-order valence-electron chi connectivity index (χ4n) is 8.37. The Labute approximate surface area is 392 Å². The molecule has 0 saturated heterocycles. The highest BCUT2D eigenvalue weighted by atomic mass is 16.5. The van der Waals surface area contributed by atoms with Gasteiger partial charge in [-0.3, -0.25) is 9.59 Å². The van der Waals surface area contributed by atoms with Crippen LogP contribution in [-0.2, 0) is 14.3 Å². The molecule has 0 radical (unpaired) electrons. The van der Waals surface area contributed by atoms with Crippen molar-refractivity contribution in [2.24, 2.45) is 0 Å². The molecule has 0 aliphatic carbocycles. The lowest BCUT2D eigenvalue weighted by atomic mass is 10.0. The van der Waals surface area contributed by atoms with Crippen LogP contribution in [0.1, 0.15) is 290 Å². The number of rotatable bonds is 51. The van der Waals surface area contributed by atoms with E-state index in [0.717, 1.165) is 70.6 Å². The van der Waals surface area contributed by atoms with Crippen LogP contribution in [0.3, 0.4) is 0 Å². The molecular weight excluding hydrogens is 779 g/mol. The van der Waals surface area contributed by atoms with E-state index < -0.39 is 12.1 Å². The first-order chi connectivity index (χ1) is 31.0. The standard InChI is InChI=1S/C57H107NO5/c1-3-5-7-9-11-13-15-17-18-19-23-27-31-35-39-43-47-51-57(62)63-52-48-44-40-36-32-28-24-21-20-22-26-30-34-38-42-46-50-56(61)58-54(53-59)55(60)49-45-41-37-33-29-25-16-14-12-10-8-6-4-2/h11,13,17-18,20,22,54-55,59-60H,3-10,12,14-16,19,21,23-53H2,1-2H3,(H,58,61)/b13-11-,18-17-,22-20-. The molecule has 0 rings (SSSR count). The van der Waals surface area contributed by atoms with E-state index in [2.05, 4.69) is 55.6 Å². The average molecular weight is 886 g/mol. The number of aliphatic hydroxyl groups excluding tert-OH is 2. The largest absolute Gasteiger partial charge is 0.466 e. The Morgan fingerprint density at radius 3 is 1.25 bits per heavy atom. The monoisotopic (exact) mass is 886 g/mol. The normalized spacial score (nSPS) is 12.9. The maximum absolute atomic E-state index is 12.4. The van der Waals surface area contributed by atoms with E-state index >= 15 is 0 Å². The molecule has 0 aliphatic heterocycles. The van der Waals surface area contributed by atoms with Crippen molar-refractivity contribution in [1.29, 1.82) is 0 Å². The number of nitrogens with one attached hydrogen (secondary N) is 1. The van der Waals surface area contributed by atoms with Gasteiger partial charge in [0.15, 0.2) is 0 Å². The van der Waals surface area contributed by atoms with E-state index in [-0.39, 0.29) is 18.5 Å². The second kappa shape index (κ2) is 52.7. The molecule has 0 heterocycles. The van der Waals surface area contributed by atoms with Crippen LogP contribution in [0.15, 0.2) is 36.5 Å². The van der Waals surface area contributed by atoms with Crippen molar-refractivity contribution in [3.63, 3.8) is 0 Å². The highest BCUT2D eigenvalue weighted by Crippen LogP contribution is 2.16. The van der Waals surface area contributed by atoms with E-state index in [4.69, 9.17) is 4.74 Å². The minimum absolute atomic E-state index is 0.0109. The molecule has 0 aromatic rings. The van der Waals surface area contributed by atoms with Crippen molar-refractivity contribution in [1.82, 2.24) is 5.32 Å². The zero-order valence-corrected chi connectivity index (χ0v) is 42.1. The highest BCUT2D eigenvalue weighted by molar-refractivity contribution is 5.76. The number of ether oxygens (including phenoxy) is 1. The number of hydrogen-bond acceptors (Lipinski definition) is 5. The van der Waals surface area contributed by atoms with E-state index in [1.165, 1.54) is 186 Å². The van der Waals surface area contributed by atoms with Crippen molar-refractivity contribution in [2.75, 3.05) is 13.2 Å². The maximum atomic E-state index is 12.4. The summed E-state index contributed by atoms with van der Waals surface area (Å²) in [4.78, 5) is 24.5. The third-order valence-electron chi connectivity index (χ3n) is 12.7. The number of unbranched alkanes of at least 4 members (excludes halogenated alkanes) is 34. The molecule has 0 aliphatic rings. The summed E-state index contributed by atoms with van der Waals surface area (Å²) in [5.41, 5.74) is 0. The smallest absolute Gasteiger partial charge is 0.305 e. The first-order valence-corrected chi connectivity index (χ1v) is 27.7. The van der Waals surface area contributed by atoms with Crippen molar-refractivity contribution in [3.05, 3.63) is 36.5 Å². The summed E-state index contributed by atoms with van der Waals surface area (Å²) >= 11 is 0. The molecule has 6 nitrogen and oxygen atoms in total. The number of carbonyl (C=O) groups is 2. The molecular formula is C57H107NO5. The Bertz CT molecular complexity index is 1020. The maximum Gasteiger partial charge on any atom is 0.305 e. The molecule has 2 atom stereocenters. The third-order valence-corrected chi connectivity index (χ3v) is 12.7. The summed E-state index contributed by atoms with van der Waals surface area (Å²) < 4.78 is 5.47. The van der Waals surface area contributed by atoms with Gasteiger partial charge < -0.3 is 20.3 Å².